The van der Waals surface area contributed by atoms with Crippen LogP contribution in [0.2, 0.25) is 0 Å². The van der Waals surface area contributed by atoms with E-state index < -0.39 is 0 Å². The van der Waals surface area contributed by atoms with E-state index in [-0.39, 0.29) is 0 Å². The van der Waals surface area contributed by atoms with Crippen LogP contribution in [0.1, 0.15) is 35.9 Å². The maximum absolute atomic E-state index is 4.95. The minimum Gasteiger partial charge on any atom is -0.370 e. The van der Waals surface area contributed by atoms with Gasteiger partial charge in [0, 0.05) is 43.0 Å². The summed E-state index contributed by atoms with van der Waals surface area (Å²) >= 11 is 0. The minimum atomic E-state index is 0.462. The summed E-state index contributed by atoms with van der Waals surface area (Å²) in [5.74, 6) is 2.72. The van der Waals surface area contributed by atoms with Crippen molar-refractivity contribution in [2.75, 3.05) is 11.9 Å². The predicted octanol–water partition coefficient (Wildman–Crippen LogP) is 5.11. The summed E-state index contributed by atoms with van der Waals surface area (Å²) in [4.78, 5) is 13.8. The second-order valence-electron chi connectivity index (χ2n) is 7.81. The molecule has 150 valence electrons. The van der Waals surface area contributed by atoms with Gasteiger partial charge < -0.3 is 9.88 Å². The van der Waals surface area contributed by atoms with Gasteiger partial charge in [-0.3, -0.25) is 0 Å². The second kappa shape index (κ2) is 8.49. The molecular weight excluding hydrogens is 370 g/mol. The van der Waals surface area contributed by atoms with Gasteiger partial charge in [0.1, 0.15) is 5.82 Å². The first-order valence-corrected chi connectivity index (χ1v) is 10.6. The third-order valence-electron chi connectivity index (χ3n) is 5.63. The summed E-state index contributed by atoms with van der Waals surface area (Å²) in [6, 6.07) is 23.1. The Balaban J connectivity index is 1.34. The Hall–Kier alpha value is -3.47. The number of nitrogens with one attached hydrogen (secondary N) is 1. The number of aryl methyl sites for hydroxylation is 1. The van der Waals surface area contributed by atoms with Crippen molar-refractivity contribution in [3.63, 3.8) is 0 Å². The van der Waals surface area contributed by atoms with Crippen molar-refractivity contribution in [1.29, 1.82) is 0 Å². The number of imidazole rings is 1. The number of nitrogens with zero attached hydrogens (tertiary/aromatic N) is 4. The zero-order valence-corrected chi connectivity index (χ0v) is 16.9. The van der Waals surface area contributed by atoms with Gasteiger partial charge in [-0.25, -0.2) is 15.0 Å². The lowest BCUT2D eigenvalue weighted by atomic mass is 10.1. The fourth-order valence-electron chi connectivity index (χ4n) is 3.95. The van der Waals surface area contributed by atoms with Crippen LogP contribution in [0, 0.1) is 0 Å². The Labute approximate surface area is 176 Å². The highest BCUT2D eigenvalue weighted by Gasteiger charge is 2.40. The quantitative estimate of drug-likeness (QED) is 0.421. The van der Waals surface area contributed by atoms with E-state index in [0.29, 0.717) is 11.8 Å². The molecular formula is C25H25N5. The molecule has 30 heavy (non-hydrogen) atoms. The molecule has 2 heterocycles. The average molecular weight is 396 g/mol. The molecule has 5 heteroatoms. The van der Waals surface area contributed by atoms with E-state index in [9.17, 15) is 0 Å². The van der Waals surface area contributed by atoms with Crippen LogP contribution < -0.4 is 5.32 Å². The van der Waals surface area contributed by atoms with E-state index in [1.54, 1.807) is 0 Å². The van der Waals surface area contributed by atoms with Crippen molar-refractivity contribution >= 4 is 5.82 Å². The molecule has 1 saturated carbocycles. The van der Waals surface area contributed by atoms with Crippen LogP contribution in [0.5, 0.6) is 0 Å². The summed E-state index contributed by atoms with van der Waals surface area (Å²) in [5.41, 5.74) is 3.59. The summed E-state index contributed by atoms with van der Waals surface area (Å²) in [5, 5.41) is 3.51. The van der Waals surface area contributed by atoms with E-state index >= 15 is 0 Å². The van der Waals surface area contributed by atoms with Gasteiger partial charge in [0.05, 0.1) is 12.0 Å². The number of aromatic nitrogens is 4. The van der Waals surface area contributed by atoms with Crippen LogP contribution in [0.3, 0.4) is 0 Å². The van der Waals surface area contributed by atoms with Crippen LogP contribution in [0.15, 0.2) is 85.5 Å². The van der Waals surface area contributed by atoms with Gasteiger partial charge >= 0.3 is 0 Å². The van der Waals surface area contributed by atoms with Crippen LogP contribution in [0.4, 0.5) is 5.82 Å². The Bertz CT molecular complexity index is 1080. The molecule has 0 bridgehead atoms. The van der Waals surface area contributed by atoms with Gasteiger partial charge in [0.25, 0.3) is 0 Å². The van der Waals surface area contributed by atoms with Crippen LogP contribution in [-0.2, 0) is 6.54 Å². The van der Waals surface area contributed by atoms with E-state index in [1.807, 2.05) is 36.9 Å². The van der Waals surface area contributed by atoms with Crippen molar-refractivity contribution in [1.82, 2.24) is 19.5 Å². The molecule has 1 fully saturated rings. The molecule has 0 radical (unpaired) electrons. The van der Waals surface area contributed by atoms with E-state index in [2.05, 4.69) is 63.4 Å². The molecule has 1 N–H and O–H groups in total. The molecule has 2 unspecified atom stereocenters. The molecule has 0 saturated heterocycles. The van der Waals surface area contributed by atoms with Gasteiger partial charge in [-0.15, -0.1) is 0 Å². The molecule has 0 spiro atoms. The first kappa shape index (κ1) is 18.6. The molecule has 5 nitrogen and oxygen atoms in total. The predicted molar refractivity (Wildman–Crippen MR) is 119 cm³/mol. The molecule has 5 rings (SSSR count). The summed E-state index contributed by atoms with van der Waals surface area (Å²) in [6.45, 7) is 1.80. The zero-order chi connectivity index (χ0) is 20.2. The number of hydrogen-bond acceptors (Lipinski definition) is 4. The molecule has 2 atom stereocenters. The highest BCUT2D eigenvalue weighted by atomic mass is 15.0. The Morgan fingerprint density at radius 1 is 0.933 bits per heavy atom. The summed E-state index contributed by atoms with van der Waals surface area (Å²) in [7, 11) is 0. The van der Waals surface area contributed by atoms with Crippen molar-refractivity contribution in [2.24, 2.45) is 0 Å². The normalized spacial score (nSPS) is 17.6. The molecule has 0 amide bonds. The minimum absolute atomic E-state index is 0.462. The molecule has 1 aliphatic rings. The van der Waals surface area contributed by atoms with Gasteiger partial charge in [-0.05, 0) is 24.3 Å². The first-order chi connectivity index (χ1) is 14.9. The number of rotatable bonds is 8. The fourth-order valence-corrected chi connectivity index (χ4v) is 3.95. The standard InChI is InChI=1S/C25H25N5/c1-3-8-19(9-4-1)21-16-22(21)23-17-24(27-12-7-14-30-15-13-26-18-30)29-25(28-23)20-10-5-2-6-11-20/h1-6,8-11,13,15,17-18,21-22H,7,12,14,16H2,(H,27,28,29). The average Bonchev–Trinajstić information content (AvgIpc) is 3.45. The van der Waals surface area contributed by atoms with Crippen molar-refractivity contribution in [3.8, 4) is 11.4 Å². The number of anilines is 1. The van der Waals surface area contributed by atoms with Gasteiger partial charge in [0.2, 0.25) is 0 Å². The summed E-state index contributed by atoms with van der Waals surface area (Å²) < 4.78 is 2.09. The van der Waals surface area contributed by atoms with Crippen molar-refractivity contribution < 1.29 is 0 Å². The highest BCUT2D eigenvalue weighted by Crippen LogP contribution is 2.54. The second-order valence-corrected chi connectivity index (χ2v) is 7.81. The zero-order valence-electron chi connectivity index (χ0n) is 16.9. The maximum Gasteiger partial charge on any atom is 0.161 e. The fraction of sp³-hybridized carbons (Fsp3) is 0.240. The molecule has 2 aromatic heterocycles. The Kier molecular flexibility index (Phi) is 5.25. The lowest BCUT2D eigenvalue weighted by Gasteiger charge is -2.11. The number of hydrogen-bond donors (Lipinski definition) is 1. The lowest BCUT2D eigenvalue weighted by molar-refractivity contribution is 0.660. The van der Waals surface area contributed by atoms with E-state index in [4.69, 9.17) is 9.97 Å². The Morgan fingerprint density at radius 3 is 2.50 bits per heavy atom. The van der Waals surface area contributed by atoms with Crippen LogP contribution in [-0.4, -0.2) is 26.1 Å². The van der Waals surface area contributed by atoms with E-state index in [1.165, 1.54) is 5.56 Å². The van der Waals surface area contributed by atoms with Crippen LogP contribution >= 0.6 is 0 Å². The van der Waals surface area contributed by atoms with Crippen molar-refractivity contribution in [2.45, 2.75) is 31.2 Å². The third kappa shape index (κ3) is 4.25. The summed E-state index contributed by atoms with van der Waals surface area (Å²) in [6.07, 6.45) is 7.82. The highest BCUT2D eigenvalue weighted by molar-refractivity contribution is 5.58. The van der Waals surface area contributed by atoms with Gasteiger partial charge in [0.15, 0.2) is 5.82 Å². The Morgan fingerprint density at radius 2 is 1.73 bits per heavy atom. The van der Waals surface area contributed by atoms with Crippen molar-refractivity contribution in [3.05, 3.63) is 96.7 Å². The topological polar surface area (TPSA) is 55.6 Å². The monoisotopic (exact) mass is 395 g/mol. The smallest absolute Gasteiger partial charge is 0.161 e. The molecule has 4 aromatic rings. The SMILES string of the molecule is c1ccc(-c2nc(NCCCn3ccnc3)cc(C3CC3c3ccccc3)n2)cc1. The van der Waals surface area contributed by atoms with Gasteiger partial charge in [-0.1, -0.05) is 60.7 Å². The number of benzene rings is 2. The van der Waals surface area contributed by atoms with E-state index in [0.717, 1.165) is 48.8 Å². The van der Waals surface area contributed by atoms with Crippen LogP contribution in [0.25, 0.3) is 11.4 Å². The first-order valence-electron chi connectivity index (χ1n) is 10.6. The lowest BCUT2D eigenvalue weighted by Crippen LogP contribution is -2.08. The molecule has 2 aromatic carbocycles. The molecule has 1 aliphatic carbocycles. The molecule has 0 aliphatic heterocycles. The van der Waals surface area contributed by atoms with Gasteiger partial charge in [-0.2, -0.15) is 0 Å². The third-order valence-corrected chi connectivity index (χ3v) is 5.63. The maximum atomic E-state index is 4.95. The largest absolute Gasteiger partial charge is 0.370 e.